The third-order valence-corrected chi connectivity index (χ3v) is 3.51. The highest BCUT2D eigenvalue weighted by atomic mass is 15.4. The van der Waals surface area contributed by atoms with Gasteiger partial charge in [0.2, 0.25) is 0 Å². The van der Waals surface area contributed by atoms with E-state index in [2.05, 4.69) is 21.9 Å². The molecule has 90 valence electrons. The minimum Gasteiger partial charge on any atom is -0.330 e. The number of hydrogen-bond acceptors (Lipinski definition) is 3. The first-order chi connectivity index (χ1) is 7.86. The van der Waals surface area contributed by atoms with Gasteiger partial charge >= 0.3 is 0 Å². The van der Waals surface area contributed by atoms with Crippen molar-refractivity contribution in [3.05, 3.63) is 11.4 Å². The summed E-state index contributed by atoms with van der Waals surface area (Å²) in [5.74, 6) is 0. The average Bonchev–Trinajstić information content (AvgIpc) is 2.73. The predicted molar refractivity (Wildman–Crippen MR) is 64.3 cm³/mol. The van der Waals surface area contributed by atoms with Crippen LogP contribution in [0, 0.1) is 0 Å². The van der Waals surface area contributed by atoms with Gasteiger partial charge in [-0.05, 0) is 25.8 Å². The van der Waals surface area contributed by atoms with Gasteiger partial charge in [0.1, 0.15) is 0 Å². The molecular weight excluding hydrogens is 200 g/mol. The summed E-state index contributed by atoms with van der Waals surface area (Å²) in [6.07, 6.45) is 8.44. The van der Waals surface area contributed by atoms with Crippen LogP contribution >= 0.6 is 0 Å². The Morgan fingerprint density at radius 2 is 2.06 bits per heavy atom. The number of hydrogen-bond donors (Lipinski definition) is 1. The summed E-state index contributed by atoms with van der Waals surface area (Å²) in [5, 5.41) is 8.63. The van der Waals surface area contributed by atoms with Crippen molar-refractivity contribution in [3.63, 3.8) is 0 Å². The summed E-state index contributed by atoms with van der Waals surface area (Å²) in [4.78, 5) is 0. The van der Waals surface area contributed by atoms with Crippen LogP contribution in [0.3, 0.4) is 0 Å². The molecule has 0 bridgehead atoms. The van der Waals surface area contributed by atoms with Gasteiger partial charge in [-0.2, -0.15) is 0 Å². The maximum Gasteiger partial charge on any atom is 0.0871 e. The standard InChI is InChI=1S/C12H22N4/c1-2-12-11(8-9-13)14-15-16(12)10-6-4-3-5-7-10/h10H,2-9,13H2,1H3. The molecule has 1 aliphatic carbocycles. The van der Waals surface area contributed by atoms with Gasteiger partial charge in [-0.3, -0.25) is 0 Å². The largest absolute Gasteiger partial charge is 0.330 e. The molecule has 4 heteroatoms. The van der Waals surface area contributed by atoms with Crippen LogP contribution in [0.2, 0.25) is 0 Å². The lowest BCUT2D eigenvalue weighted by atomic mass is 9.95. The molecule has 4 nitrogen and oxygen atoms in total. The van der Waals surface area contributed by atoms with Gasteiger partial charge in [0.25, 0.3) is 0 Å². The topological polar surface area (TPSA) is 56.7 Å². The minimum absolute atomic E-state index is 0.586. The molecule has 0 unspecified atom stereocenters. The van der Waals surface area contributed by atoms with E-state index in [-0.39, 0.29) is 0 Å². The maximum absolute atomic E-state index is 5.59. The molecule has 1 heterocycles. The van der Waals surface area contributed by atoms with E-state index in [9.17, 15) is 0 Å². The van der Waals surface area contributed by atoms with E-state index >= 15 is 0 Å². The fourth-order valence-electron chi connectivity index (χ4n) is 2.66. The number of aromatic nitrogens is 3. The predicted octanol–water partition coefficient (Wildman–Crippen LogP) is 1.85. The van der Waals surface area contributed by atoms with E-state index in [1.54, 1.807) is 0 Å². The second kappa shape index (κ2) is 5.43. The van der Waals surface area contributed by atoms with Crippen molar-refractivity contribution >= 4 is 0 Å². The Labute approximate surface area is 97.2 Å². The Morgan fingerprint density at radius 3 is 2.69 bits per heavy atom. The monoisotopic (exact) mass is 222 g/mol. The van der Waals surface area contributed by atoms with E-state index in [0.29, 0.717) is 12.6 Å². The van der Waals surface area contributed by atoms with Gasteiger partial charge in [0, 0.05) is 6.42 Å². The molecule has 0 saturated heterocycles. The Morgan fingerprint density at radius 1 is 1.31 bits per heavy atom. The lowest BCUT2D eigenvalue weighted by Gasteiger charge is -2.23. The van der Waals surface area contributed by atoms with E-state index in [0.717, 1.165) is 18.5 Å². The van der Waals surface area contributed by atoms with Crippen molar-refractivity contribution in [3.8, 4) is 0 Å². The van der Waals surface area contributed by atoms with Gasteiger partial charge in [0.05, 0.1) is 17.4 Å². The van der Waals surface area contributed by atoms with Gasteiger partial charge in [0.15, 0.2) is 0 Å². The Balaban J connectivity index is 2.18. The third-order valence-electron chi connectivity index (χ3n) is 3.51. The Kier molecular flexibility index (Phi) is 3.93. The summed E-state index contributed by atoms with van der Waals surface area (Å²) in [7, 11) is 0. The van der Waals surface area contributed by atoms with Crippen LogP contribution in [0.4, 0.5) is 0 Å². The molecule has 1 aromatic rings. The fraction of sp³-hybridized carbons (Fsp3) is 0.833. The average molecular weight is 222 g/mol. The fourth-order valence-corrected chi connectivity index (χ4v) is 2.66. The quantitative estimate of drug-likeness (QED) is 0.845. The van der Waals surface area contributed by atoms with Crippen molar-refractivity contribution in [1.29, 1.82) is 0 Å². The van der Waals surface area contributed by atoms with Crippen molar-refractivity contribution in [1.82, 2.24) is 15.0 Å². The second-order valence-electron chi connectivity index (χ2n) is 4.61. The van der Waals surface area contributed by atoms with E-state index in [1.165, 1.54) is 37.8 Å². The summed E-state index contributed by atoms with van der Waals surface area (Å²) < 4.78 is 2.17. The van der Waals surface area contributed by atoms with E-state index in [4.69, 9.17) is 5.73 Å². The molecule has 16 heavy (non-hydrogen) atoms. The summed E-state index contributed by atoms with van der Waals surface area (Å²) in [6, 6.07) is 0.586. The molecule has 0 atom stereocenters. The third kappa shape index (κ3) is 2.26. The SMILES string of the molecule is CCc1c(CCN)nnn1C1CCCCC1. The van der Waals surface area contributed by atoms with Crippen LogP contribution in [-0.4, -0.2) is 21.5 Å². The van der Waals surface area contributed by atoms with Gasteiger partial charge < -0.3 is 5.73 Å². The second-order valence-corrected chi connectivity index (χ2v) is 4.61. The Bertz CT molecular complexity index is 326. The highest BCUT2D eigenvalue weighted by Gasteiger charge is 2.20. The minimum atomic E-state index is 0.586. The molecular formula is C12H22N4. The smallest absolute Gasteiger partial charge is 0.0871 e. The van der Waals surface area contributed by atoms with Crippen LogP contribution in [0.15, 0.2) is 0 Å². The molecule has 2 rings (SSSR count). The van der Waals surface area contributed by atoms with Crippen molar-refractivity contribution in [2.75, 3.05) is 6.54 Å². The highest BCUT2D eigenvalue weighted by molar-refractivity contribution is 5.11. The highest BCUT2D eigenvalue weighted by Crippen LogP contribution is 2.29. The van der Waals surface area contributed by atoms with Crippen LogP contribution in [-0.2, 0) is 12.8 Å². The first-order valence-corrected chi connectivity index (χ1v) is 6.49. The number of rotatable bonds is 4. The van der Waals surface area contributed by atoms with Crippen LogP contribution in [0.25, 0.3) is 0 Å². The lowest BCUT2D eigenvalue weighted by molar-refractivity contribution is 0.317. The normalized spacial score (nSPS) is 17.9. The summed E-state index contributed by atoms with van der Waals surface area (Å²) in [5.41, 5.74) is 8.00. The molecule has 1 aromatic heterocycles. The van der Waals surface area contributed by atoms with Gasteiger partial charge in [-0.15, -0.1) is 5.10 Å². The van der Waals surface area contributed by atoms with Gasteiger partial charge in [-0.25, -0.2) is 4.68 Å². The van der Waals surface area contributed by atoms with E-state index < -0.39 is 0 Å². The first kappa shape index (κ1) is 11.6. The molecule has 2 N–H and O–H groups in total. The first-order valence-electron chi connectivity index (χ1n) is 6.49. The number of nitrogens with two attached hydrogens (primary N) is 1. The zero-order valence-corrected chi connectivity index (χ0v) is 10.2. The molecule has 0 aromatic carbocycles. The zero-order valence-electron chi connectivity index (χ0n) is 10.2. The molecule has 1 fully saturated rings. The van der Waals surface area contributed by atoms with Crippen molar-refractivity contribution < 1.29 is 0 Å². The van der Waals surface area contributed by atoms with E-state index in [1.807, 2.05) is 0 Å². The molecule has 0 amide bonds. The molecule has 0 radical (unpaired) electrons. The molecule has 0 spiro atoms. The van der Waals surface area contributed by atoms with Crippen LogP contribution < -0.4 is 5.73 Å². The molecule has 1 aliphatic rings. The van der Waals surface area contributed by atoms with Crippen LogP contribution in [0.5, 0.6) is 0 Å². The lowest BCUT2D eigenvalue weighted by Crippen LogP contribution is -2.17. The van der Waals surface area contributed by atoms with Gasteiger partial charge in [-0.1, -0.05) is 31.4 Å². The maximum atomic E-state index is 5.59. The number of nitrogens with zero attached hydrogens (tertiary/aromatic N) is 3. The van der Waals surface area contributed by atoms with Crippen LogP contribution in [0.1, 0.15) is 56.5 Å². The van der Waals surface area contributed by atoms with Crippen molar-refractivity contribution in [2.24, 2.45) is 5.73 Å². The molecule has 1 saturated carbocycles. The Hall–Kier alpha value is -0.900. The summed E-state index contributed by atoms with van der Waals surface area (Å²) in [6.45, 7) is 2.84. The molecule has 0 aliphatic heterocycles. The van der Waals surface area contributed by atoms with Crippen molar-refractivity contribution in [2.45, 2.75) is 57.9 Å². The summed E-state index contributed by atoms with van der Waals surface area (Å²) >= 11 is 0. The zero-order chi connectivity index (χ0) is 11.4.